The average Bonchev–Trinajstić information content (AvgIpc) is 2.23. The molecule has 0 fully saturated rings. The number of rotatable bonds is 3. The van der Waals surface area contributed by atoms with Crippen molar-refractivity contribution in [2.45, 2.75) is 13.1 Å². The van der Waals surface area contributed by atoms with E-state index in [1.807, 2.05) is 32.0 Å². The van der Waals surface area contributed by atoms with Gasteiger partial charge >= 0.3 is 0 Å². The monoisotopic (exact) mass is 285 g/mol. The third kappa shape index (κ3) is 2.71. The van der Waals surface area contributed by atoms with Crippen LogP contribution in [0.2, 0.25) is 0 Å². The number of nitrogens with one attached hydrogen (secondary N) is 1. The first kappa shape index (κ1) is 12.9. The number of anilines is 1. The van der Waals surface area contributed by atoms with E-state index in [1.165, 1.54) is 0 Å². The van der Waals surface area contributed by atoms with Crippen LogP contribution in [-0.2, 0) is 0 Å². The maximum Gasteiger partial charge on any atom is 0.157 e. The summed E-state index contributed by atoms with van der Waals surface area (Å²) in [6, 6.07) is 5.13. The zero-order valence-corrected chi connectivity index (χ0v) is 11.0. The molecule has 1 rings (SSSR count). The lowest BCUT2D eigenvalue weighted by Gasteiger charge is -2.22. The molecule has 0 aromatic heterocycles. The Kier molecular flexibility index (Phi) is 4.27. The summed E-state index contributed by atoms with van der Waals surface area (Å²) in [6.07, 6.45) is 0.0210. The summed E-state index contributed by atoms with van der Waals surface area (Å²) in [7, 11) is 3.80. The van der Waals surface area contributed by atoms with Gasteiger partial charge in [0.25, 0.3) is 0 Å². The number of hydrogen-bond donors (Lipinski definition) is 1. The van der Waals surface area contributed by atoms with Gasteiger partial charge in [0.2, 0.25) is 0 Å². The minimum atomic E-state index is -0.529. The summed E-state index contributed by atoms with van der Waals surface area (Å²) < 4.78 is 13.9. The summed E-state index contributed by atoms with van der Waals surface area (Å²) >= 11 is 3.05. The van der Waals surface area contributed by atoms with Crippen LogP contribution in [0, 0.1) is 17.1 Å². The van der Waals surface area contributed by atoms with Crippen LogP contribution in [0.1, 0.15) is 12.5 Å². The van der Waals surface area contributed by atoms with Crippen LogP contribution in [0.4, 0.5) is 10.1 Å². The molecular weight excluding hydrogens is 273 g/mol. The van der Waals surface area contributed by atoms with Crippen LogP contribution in [0.5, 0.6) is 0 Å². The largest absolute Gasteiger partial charge is 0.369 e. The van der Waals surface area contributed by atoms with E-state index in [0.717, 1.165) is 0 Å². The fourth-order valence-corrected chi connectivity index (χ4v) is 1.46. The Bertz CT molecular complexity index is 426. The molecule has 0 saturated carbocycles. The minimum Gasteiger partial charge on any atom is -0.369 e. The maximum absolute atomic E-state index is 13.6. The number of hydrogen-bond acceptors (Lipinski definition) is 3. The molecule has 1 N–H and O–H groups in total. The molecule has 0 amide bonds. The van der Waals surface area contributed by atoms with Gasteiger partial charge in [-0.2, -0.15) is 5.26 Å². The van der Waals surface area contributed by atoms with Crippen molar-refractivity contribution in [3.8, 4) is 6.07 Å². The van der Waals surface area contributed by atoms with Gasteiger partial charge in [0, 0.05) is 0 Å². The van der Waals surface area contributed by atoms with Gasteiger partial charge < -0.3 is 5.32 Å². The molecule has 1 atom stereocenters. The third-order valence-corrected chi connectivity index (χ3v) is 2.96. The lowest BCUT2D eigenvalue weighted by atomic mass is 10.2. The second-order valence-electron chi connectivity index (χ2n) is 3.68. The van der Waals surface area contributed by atoms with Crippen molar-refractivity contribution < 1.29 is 4.39 Å². The van der Waals surface area contributed by atoms with Gasteiger partial charge in [-0.05, 0) is 49.1 Å². The van der Waals surface area contributed by atoms with Gasteiger partial charge in [-0.15, -0.1) is 0 Å². The van der Waals surface area contributed by atoms with E-state index in [4.69, 9.17) is 5.26 Å². The van der Waals surface area contributed by atoms with Crippen molar-refractivity contribution in [2.24, 2.45) is 0 Å². The first-order chi connectivity index (χ1) is 7.47. The zero-order chi connectivity index (χ0) is 12.3. The van der Waals surface area contributed by atoms with E-state index < -0.39 is 5.82 Å². The van der Waals surface area contributed by atoms with Crippen molar-refractivity contribution in [3.05, 3.63) is 28.0 Å². The highest BCUT2D eigenvalue weighted by Gasteiger charge is 2.13. The average molecular weight is 286 g/mol. The van der Waals surface area contributed by atoms with Crippen molar-refractivity contribution in [1.82, 2.24) is 4.90 Å². The van der Waals surface area contributed by atoms with Gasteiger partial charge in [-0.3, -0.25) is 4.90 Å². The van der Waals surface area contributed by atoms with E-state index >= 15 is 0 Å². The second-order valence-corrected chi connectivity index (χ2v) is 4.53. The highest BCUT2D eigenvalue weighted by atomic mass is 79.9. The standard InChI is InChI=1S/C11H13BrFN3/c1-7(16(2)3)15-10-5-4-9(12)11(13)8(10)6-14/h4-5,7,15H,1-3H3. The molecule has 0 aliphatic heterocycles. The third-order valence-electron chi connectivity index (χ3n) is 2.35. The maximum atomic E-state index is 13.6. The first-order valence-electron chi connectivity index (χ1n) is 4.78. The molecule has 0 aliphatic rings. The van der Waals surface area contributed by atoms with Gasteiger partial charge in [0.1, 0.15) is 11.6 Å². The van der Waals surface area contributed by atoms with Gasteiger partial charge in [-0.25, -0.2) is 4.39 Å². The molecule has 86 valence electrons. The molecule has 1 unspecified atom stereocenters. The first-order valence-corrected chi connectivity index (χ1v) is 5.57. The molecule has 3 nitrogen and oxygen atoms in total. The molecule has 5 heteroatoms. The van der Waals surface area contributed by atoms with Gasteiger partial charge in [0.15, 0.2) is 5.82 Å². The van der Waals surface area contributed by atoms with E-state index in [2.05, 4.69) is 21.2 Å². The number of nitriles is 1. The predicted molar refractivity (Wildman–Crippen MR) is 65.6 cm³/mol. The molecule has 0 saturated heterocycles. The van der Waals surface area contributed by atoms with Gasteiger partial charge in [-0.1, -0.05) is 0 Å². The zero-order valence-electron chi connectivity index (χ0n) is 9.38. The predicted octanol–water partition coefficient (Wildman–Crippen LogP) is 2.78. The van der Waals surface area contributed by atoms with Crippen LogP contribution in [0.3, 0.4) is 0 Å². The van der Waals surface area contributed by atoms with Crippen molar-refractivity contribution in [3.63, 3.8) is 0 Å². The Hall–Kier alpha value is -1.12. The number of halogens is 2. The molecule has 0 bridgehead atoms. The van der Waals surface area contributed by atoms with Crippen LogP contribution >= 0.6 is 15.9 Å². The number of benzene rings is 1. The highest BCUT2D eigenvalue weighted by Crippen LogP contribution is 2.25. The fourth-order valence-electron chi connectivity index (χ4n) is 1.13. The Morgan fingerprint density at radius 3 is 2.62 bits per heavy atom. The van der Waals surface area contributed by atoms with Crippen LogP contribution in [0.25, 0.3) is 0 Å². The number of nitrogens with zero attached hydrogens (tertiary/aromatic N) is 2. The van der Waals surface area contributed by atoms with Crippen molar-refractivity contribution >= 4 is 21.6 Å². The van der Waals surface area contributed by atoms with Gasteiger partial charge in [0.05, 0.1) is 16.3 Å². The lowest BCUT2D eigenvalue weighted by Crippen LogP contribution is -2.32. The topological polar surface area (TPSA) is 39.1 Å². The summed E-state index contributed by atoms with van der Waals surface area (Å²) in [5, 5.41) is 12.0. The van der Waals surface area contributed by atoms with Crippen molar-refractivity contribution in [1.29, 1.82) is 5.26 Å². The lowest BCUT2D eigenvalue weighted by molar-refractivity contribution is 0.343. The quantitative estimate of drug-likeness (QED) is 0.868. The molecule has 16 heavy (non-hydrogen) atoms. The summed E-state index contributed by atoms with van der Waals surface area (Å²) in [4.78, 5) is 1.93. The Labute approximate surface area is 103 Å². The molecule has 1 aromatic carbocycles. The van der Waals surface area contributed by atoms with Crippen molar-refractivity contribution in [2.75, 3.05) is 19.4 Å². The Morgan fingerprint density at radius 2 is 2.12 bits per heavy atom. The molecule has 0 radical (unpaired) electrons. The van der Waals surface area contributed by atoms with E-state index in [9.17, 15) is 4.39 Å². The molecule has 0 heterocycles. The molecular formula is C11H13BrFN3. The highest BCUT2D eigenvalue weighted by molar-refractivity contribution is 9.10. The van der Waals surface area contributed by atoms with Crippen LogP contribution in [0.15, 0.2) is 16.6 Å². The SMILES string of the molecule is CC(Nc1ccc(Br)c(F)c1C#N)N(C)C. The summed E-state index contributed by atoms with van der Waals surface area (Å²) in [6.45, 7) is 1.93. The molecule has 1 aromatic rings. The minimum absolute atomic E-state index is 0.0210. The summed E-state index contributed by atoms with van der Waals surface area (Å²) in [5.41, 5.74) is 0.535. The normalized spacial score (nSPS) is 12.3. The van der Waals surface area contributed by atoms with Crippen LogP contribution < -0.4 is 5.32 Å². The van der Waals surface area contributed by atoms with E-state index in [1.54, 1.807) is 12.1 Å². The Morgan fingerprint density at radius 1 is 1.50 bits per heavy atom. The molecule has 0 spiro atoms. The Balaban J connectivity index is 3.07. The second kappa shape index (κ2) is 5.28. The smallest absolute Gasteiger partial charge is 0.157 e. The van der Waals surface area contributed by atoms with E-state index in [-0.39, 0.29) is 11.7 Å². The fraction of sp³-hybridized carbons (Fsp3) is 0.364. The van der Waals surface area contributed by atoms with Crippen LogP contribution in [-0.4, -0.2) is 25.2 Å². The molecule has 0 aliphatic carbocycles. The van der Waals surface area contributed by atoms with E-state index in [0.29, 0.717) is 10.2 Å². The summed E-state index contributed by atoms with van der Waals surface area (Å²) in [5.74, 6) is -0.529.